The van der Waals surface area contributed by atoms with Crippen molar-refractivity contribution in [1.82, 2.24) is 19.7 Å². The van der Waals surface area contributed by atoms with E-state index in [1.165, 1.54) is 11.8 Å². The number of aromatic nitrogens is 3. The first-order valence-electron chi connectivity index (χ1n) is 10.9. The molecule has 32 heavy (non-hydrogen) atoms. The predicted octanol–water partition coefficient (Wildman–Crippen LogP) is 2.50. The van der Waals surface area contributed by atoms with Crippen LogP contribution in [0.5, 0.6) is 11.5 Å². The van der Waals surface area contributed by atoms with Crippen molar-refractivity contribution in [2.45, 2.75) is 55.8 Å². The van der Waals surface area contributed by atoms with Gasteiger partial charge >= 0.3 is 0 Å². The smallest absolute Gasteiger partial charge is 0.233 e. The van der Waals surface area contributed by atoms with E-state index in [9.17, 15) is 9.59 Å². The number of carbonyl (C=O) groups excluding carboxylic acids is 2. The summed E-state index contributed by atoms with van der Waals surface area (Å²) in [6, 6.07) is 5.63. The minimum atomic E-state index is -0.361. The minimum Gasteiger partial charge on any atom is -0.497 e. The average Bonchev–Trinajstić information content (AvgIpc) is 3.37. The fourth-order valence-electron chi connectivity index (χ4n) is 4.18. The van der Waals surface area contributed by atoms with Gasteiger partial charge in [-0.15, -0.1) is 10.2 Å². The van der Waals surface area contributed by atoms with E-state index < -0.39 is 0 Å². The number of nitrogens with two attached hydrogens (primary N) is 1. The molecule has 1 aromatic heterocycles. The van der Waals surface area contributed by atoms with Crippen LogP contribution in [0.2, 0.25) is 0 Å². The number of thioether (sulfide) groups is 1. The van der Waals surface area contributed by atoms with E-state index in [0.717, 1.165) is 48.6 Å². The predicted molar refractivity (Wildman–Crippen MR) is 120 cm³/mol. The molecule has 2 N–H and O–H groups in total. The van der Waals surface area contributed by atoms with Gasteiger partial charge in [0.2, 0.25) is 11.8 Å². The Morgan fingerprint density at radius 1 is 1.19 bits per heavy atom. The van der Waals surface area contributed by atoms with Crippen LogP contribution in [0.1, 0.15) is 55.5 Å². The van der Waals surface area contributed by atoms with Crippen LogP contribution < -0.4 is 15.2 Å². The Morgan fingerprint density at radius 3 is 2.69 bits per heavy atom. The number of hydrogen-bond acceptors (Lipinski definition) is 7. The van der Waals surface area contributed by atoms with Crippen molar-refractivity contribution < 1.29 is 19.1 Å². The van der Waals surface area contributed by atoms with Crippen molar-refractivity contribution in [2.24, 2.45) is 5.73 Å². The summed E-state index contributed by atoms with van der Waals surface area (Å²) >= 11 is 1.36. The Bertz CT molecular complexity index is 991. The van der Waals surface area contributed by atoms with Gasteiger partial charge in [0.15, 0.2) is 5.16 Å². The number of carbonyl (C=O) groups is 2. The monoisotopic (exact) mass is 459 g/mol. The Kier molecular flexibility index (Phi) is 6.88. The summed E-state index contributed by atoms with van der Waals surface area (Å²) in [7, 11) is 3.27. The first-order valence-corrected chi connectivity index (χ1v) is 11.9. The van der Waals surface area contributed by atoms with E-state index in [1.54, 1.807) is 14.2 Å². The summed E-state index contributed by atoms with van der Waals surface area (Å²) in [4.78, 5) is 26.4. The molecular weight excluding hydrogens is 430 g/mol. The van der Waals surface area contributed by atoms with Crippen LogP contribution in [0.3, 0.4) is 0 Å². The molecule has 0 radical (unpaired) electrons. The maximum Gasteiger partial charge on any atom is 0.233 e. The maximum atomic E-state index is 13.2. The van der Waals surface area contributed by atoms with Crippen LogP contribution in [0, 0.1) is 0 Å². The number of ether oxygens (including phenoxy) is 2. The Morgan fingerprint density at radius 2 is 2.00 bits per heavy atom. The van der Waals surface area contributed by atoms with Gasteiger partial charge in [0.25, 0.3) is 0 Å². The van der Waals surface area contributed by atoms with Crippen LogP contribution >= 0.6 is 11.8 Å². The van der Waals surface area contributed by atoms with Gasteiger partial charge in [-0.3, -0.25) is 9.59 Å². The molecule has 0 bridgehead atoms. The highest BCUT2D eigenvalue weighted by molar-refractivity contribution is 7.99. The van der Waals surface area contributed by atoms with Gasteiger partial charge in [0.05, 0.1) is 26.0 Å². The number of nitrogens with zero attached hydrogens (tertiary/aromatic N) is 4. The average molecular weight is 460 g/mol. The van der Waals surface area contributed by atoms with Crippen molar-refractivity contribution in [3.8, 4) is 11.5 Å². The standard InChI is InChI=1S/C22H29N5O4S/c1-30-15-7-8-18(31-2)16(12-15)17-4-3-10-26(17)20(29)13-32-22-25-24-21(14-5-6-14)27(22)11-9-19(23)28/h7-8,12,14,17H,3-6,9-11,13H2,1-2H3,(H2,23,28). The van der Waals surface area contributed by atoms with Crippen molar-refractivity contribution >= 4 is 23.6 Å². The summed E-state index contributed by atoms with van der Waals surface area (Å²) < 4.78 is 12.9. The molecular formula is C22H29N5O4S. The number of rotatable bonds is 10. The molecule has 1 saturated carbocycles. The summed E-state index contributed by atoms with van der Waals surface area (Å²) in [5.74, 6) is 2.71. The minimum absolute atomic E-state index is 0.0415. The van der Waals surface area contributed by atoms with Crippen LogP contribution in [0.25, 0.3) is 0 Å². The number of amides is 2. The zero-order valence-electron chi connectivity index (χ0n) is 18.5. The third-order valence-corrected chi connectivity index (χ3v) is 6.92. The van der Waals surface area contributed by atoms with Crippen LogP contribution in [0.4, 0.5) is 0 Å². The lowest BCUT2D eigenvalue weighted by Crippen LogP contribution is -2.32. The van der Waals surface area contributed by atoms with Gasteiger partial charge in [0.1, 0.15) is 17.3 Å². The van der Waals surface area contributed by atoms with Crippen molar-refractivity contribution in [3.63, 3.8) is 0 Å². The summed E-state index contributed by atoms with van der Waals surface area (Å²) in [5.41, 5.74) is 6.30. The third kappa shape index (κ3) is 4.85. The molecule has 172 valence electrons. The van der Waals surface area contributed by atoms with Gasteiger partial charge in [0, 0.05) is 31.0 Å². The highest BCUT2D eigenvalue weighted by Gasteiger charge is 2.33. The fraction of sp³-hybridized carbons (Fsp3) is 0.545. The molecule has 2 aliphatic rings. The van der Waals surface area contributed by atoms with E-state index in [-0.39, 0.29) is 30.0 Å². The molecule has 9 nitrogen and oxygen atoms in total. The molecule has 10 heteroatoms. The summed E-state index contributed by atoms with van der Waals surface area (Å²) in [6.07, 6.45) is 4.19. The lowest BCUT2D eigenvalue weighted by molar-refractivity contribution is -0.129. The largest absolute Gasteiger partial charge is 0.497 e. The zero-order chi connectivity index (χ0) is 22.7. The van der Waals surface area contributed by atoms with E-state index >= 15 is 0 Å². The Balaban J connectivity index is 1.47. The van der Waals surface area contributed by atoms with E-state index in [0.29, 0.717) is 24.2 Å². The SMILES string of the molecule is COc1ccc(OC)c(C2CCCN2C(=O)CSc2nnc(C3CC3)n2CCC(N)=O)c1. The highest BCUT2D eigenvalue weighted by atomic mass is 32.2. The Labute approximate surface area is 191 Å². The molecule has 0 spiro atoms. The normalized spacial score (nSPS) is 18.1. The van der Waals surface area contributed by atoms with E-state index in [1.807, 2.05) is 27.7 Å². The van der Waals surface area contributed by atoms with Gasteiger partial charge in [-0.2, -0.15) is 0 Å². The second kappa shape index (κ2) is 9.81. The third-order valence-electron chi connectivity index (χ3n) is 5.96. The molecule has 1 aromatic carbocycles. The first-order chi connectivity index (χ1) is 15.5. The fourth-order valence-corrected chi connectivity index (χ4v) is 5.04. The zero-order valence-corrected chi connectivity index (χ0v) is 19.3. The quantitative estimate of drug-likeness (QED) is 0.543. The number of primary amides is 1. The molecule has 1 saturated heterocycles. The van der Waals surface area contributed by atoms with Gasteiger partial charge in [-0.05, 0) is 43.9 Å². The molecule has 2 fully saturated rings. The van der Waals surface area contributed by atoms with Gasteiger partial charge in [-0.1, -0.05) is 11.8 Å². The molecule has 2 aromatic rings. The molecule has 2 amide bonds. The van der Waals surface area contributed by atoms with E-state index in [4.69, 9.17) is 15.2 Å². The number of methoxy groups -OCH3 is 2. The second-order valence-corrected chi connectivity index (χ2v) is 9.07. The van der Waals surface area contributed by atoms with Crippen LogP contribution in [-0.4, -0.2) is 58.0 Å². The first kappa shape index (κ1) is 22.4. The van der Waals surface area contributed by atoms with Crippen LogP contribution in [-0.2, 0) is 16.1 Å². The van der Waals surface area contributed by atoms with Crippen molar-refractivity contribution in [3.05, 3.63) is 29.6 Å². The molecule has 1 unspecified atom stereocenters. The topological polar surface area (TPSA) is 113 Å². The number of hydrogen-bond donors (Lipinski definition) is 1. The Hall–Kier alpha value is -2.75. The molecule has 2 heterocycles. The highest BCUT2D eigenvalue weighted by Crippen LogP contribution is 2.41. The van der Waals surface area contributed by atoms with Crippen molar-refractivity contribution in [2.75, 3.05) is 26.5 Å². The van der Waals surface area contributed by atoms with Gasteiger partial charge < -0.3 is 24.7 Å². The van der Waals surface area contributed by atoms with Crippen molar-refractivity contribution in [1.29, 1.82) is 0 Å². The molecule has 4 rings (SSSR count). The molecule has 1 aliphatic carbocycles. The van der Waals surface area contributed by atoms with E-state index in [2.05, 4.69) is 10.2 Å². The number of likely N-dealkylation sites (tertiary alicyclic amines) is 1. The number of benzene rings is 1. The second-order valence-electron chi connectivity index (χ2n) is 8.12. The maximum absolute atomic E-state index is 13.2. The van der Waals surface area contributed by atoms with Crippen LogP contribution in [0.15, 0.2) is 23.4 Å². The van der Waals surface area contributed by atoms with Gasteiger partial charge in [-0.25, -0.2) is 0 Å². The summed E-state index contributed by atoms with van der Waals surface area (Å²) in [5, 5.41) is 9.28. The molecule has 1 atom stereocenters. The lowest BCUT2D eigenvalue weighted by atomic mass is 10.0. The lowest BCUT2D eigenvalue weighted by Gasteiger charge is -2.26. The summed E-state index contributed by atoms with van der Waals surface area (Å²) in [6.45, 7) is 1.14. The molecule has 1 aliphatic heterocycles.